The monoisotopic (exact) mass is 414 g/mol. The summed E-state index contributed by atoms with van der Waals surface area (Å²) in [7, 11) is 0. The summed E-state index contributed by atoms with van der Waals surface area (Å²) in [5.41, 5.74) is 0.799. The predicted molar refractivity (Wildman–Crippen MR) is 99.8 cm³/mol. The van der Waals surface area contributed by atoms with E-state index in [1.807, 2.05) is 13.8 Å². The minimum atomic E-state index is -4.80. The molecule has 0 aliphatic rings. The lowest BCUT2D eigenvalue weighted by atomic mass is 10.1. The van der Waals surface area contributed by atoms with E-state index in [4.69, 9.17) is 11.6 Å². The first-order valence-corrected chi connectivity index (χ1v) is 8.78. The maximum atomic E-state index is 12.4. The molecule has 1 N–H and O–H groups in total. The minimum Gasteiger partial charge on any atom is -0.406 e. The van der Waals surface area contributed by atoms with Crippen LogP contribution in [0.15, 0.2) is 42.5 Å². The van der Waals surface area contributed by atoms with Gasteiger partial charge in [-0.3, -0.25) is 9.59 Å². The number of hydrogen-bond acceptors (Lipinski definition) is 3. The highest BCUT2D eigenvalue weighted by Gasteiger charge is 2.31. The minimum absolute atomic E-state index is 0.133. The van der Waals surface area contributed by atoms with Crippen LogP contribution in [0.5, 0.6) is 5.75 Å². The van der Waals surface area contributed by atoms with Crippen LogP contribution in [0, 0.1) is 0 Å². The second kappa shape index (κ2) is 8.97. The van der Waals surface area contributed by atoms with E-state index >= 15 is 0 Å². The Balaban J connectivity index is 2.10. The number of halogens is 4. The van der Waals surface area contributed by atoms with Crippen molar-refractivity contribution in [1.82, 2.24) is 4.90 Å². The van der Waals surface area contributed by atoms with Gasteiger partial charge in [0, 0.05) is 24.3 Å². The number of nitrogens with one attached hydrogen (secondary N) is 1. The number of carbonyl (C=O) groups is 2. The SMILES string of the molecule is CCN(CC)C(=O)c1ccc(NC(=O)c2ccc(OC(F)(F)F)cc2)cc1Cl. The van der Waals surface area contributed by atoms with E-state index < -0.39 is 18.0 Å². The molecule has 0 spiro atoms. The Morgan fingerprint density at radius 1 is 1.07 bits per heavy atom. The van der Waals surface area contributed by atoms with Crippen LogP contribution in [-0.4, -0.2) is 36.2 Å². The van der Waals surface area contributed by atoms with E-state index in [0.29, 0.717) is 24.3 Å². The molecule has 0 aliphatic carbocycles. The molecule has 0 atom stereocenters. The van der Waals surface area contributed by atoms with Crippen LogP contribution >= 0.6 is 11.6 Å². The second-order valence-electron chi connectivity index (χ2n) is 5.70. The van der Waals surface area contributed by atoms with Gasteiger partial charge in [-0.15, -0.1) is 13.2 Å². The fourth-order valence-electron chi connectivity index (χ4n) is 2.46. The normalized spacial score (nSPS) is 11.1. The average molecular weight is 415 g/mol. The van der Waals surface area contributed by atoms with Crippen molar-refractivity contribution < 1.29 is 27.5 Å². The van der Waals surface area contributed by atoms with Gasteiger partial charge in [-0.2, -0.15) is 0 Å². The van der Waals surface area contributed by atoms with Crippen molar-refractivity contribution in [1.29, 1.82) is 0 Å². The van der Waals surface area contributed by atoms with Gasteiger partial charge in [0.1, 0.15) is 5.75 Å². The lowest BCUT2D eigenvalue weighted by Gasteiger charge is -2.19. The summed E-state index contributed by atoms with van der Waals surface area (Å²) in [6.45, 7) is 4.79. The van der Waals surface area contributed by atoms with Gasteiger partial charge in [-0.1, -0.05) is 11.6 Å². The molecule has 2 aromatic carbocycles. The number of nitrogens with zero attached hydrogens (tertiary/aromatic N) is 1. The van der Waals surface area contributed by atoms with E-state index in [0.717, 1.165) is 12.1 Å². The van der Waals surface area contributed by atoms with Crippen molar-refractivity contribution in [2.24, 2.45) is 0 Å². The second-order valence-corrected chi connectivity index (χ2v) is 6.11. The highest BCUT2D eigenvalue weighted by atomic mass is 35.5. The molecule has 2 aromatic rings. The number of hydrogen-bond donors (Lipinski definition) is 1. The maximum Gasteiger partial charge on any atom is 0.573 e. The molecule has 0 saturated carbocycles. The lowest BCUT2D eigenvalue weighted by molar-refractivity contribution is -0.274. The molecule has 28 heavy (non-hydrogen) atoms. The Bertz CT molecular complexity index is 850. The van der Waals surface area contributed by atoms with Crippen molar-refractivity contribution in [2.75, 3.05) is 18.4 Å². The molecule has 0 fully saturated rings. The molecule has 9 heteroatoms. The zero-order valence-corrected chi connectivity index (χ0v) is 15.9. The first kappa shape index (κ1) is 21.6. The summed E-state index contributed by atoms with van der Waals surface area (Å²) in [5.74, 6) is -1.18. The molecule has 150 valence electrons. The van der Waals surface area contributed by atoms with Crippen LogP contribution in [0.4, 0.5) is 18.9 Å². The fourth-order valence-corrected chi connectivity index (χ4v) is 2.72. The largest absolute Gasteiger partial charge is 0.573 e. The van der Waals surface area contributed by atoms with E-state index in [-0.39, 0.29) is 16.5 Å². The van der Waals surface area contributed by atoms with Gasteiger partial charge >= 0.3 is 6.36 Å². The van der Waals surface area contributed by atoms with Gasteiger partial charge in [0.2, 0.25) is 0 Å². The van der Waals surface area contributed by atoms with E-state index in [1.165, 1.54) is 30.3 Å². The average Bonchev–Trinajstić information content (AvgIpc) is 2.62. The van der Waals surface area contributed by atoms with Gasteiger partial charge in [0.15, 0.2) is 0 Å². The number of anilines is 1. The highest BCUT2D eigenvalue weighted by molar-refractivity contribution is 6.34. The number of amides is 2. The molecule has 2 rings (SSSR count). The van der Waals surface area contributed by atoms with Gasteiger partial charge in [0.05, 0.1) is 10.6 Å². The van der Waals surface area contributed by atoms with E-state index in [2.05, 4.69) is 10.1 Å². The smallest absolute Gasteiger partial charge is 0.406 e. The molecule has 2 amide bonds. The molecule has 0 saturated heterocycles. The van der Waals surface area contributed by atoms with Gasteiger partial charge < -0.3 is 15.0 Å². The number of carbonyl (C=O) groups excluding carboxylic acids is 2. The van der Waals surface area contributed by atoms with Crippen LogP contribution in [0.3, 0.4) is 0 Å². The Morgan fingerprint density at radius 2 is 1.68 bits per heavy atom. The molecule has 0 bridgehead atoms. The molecule has 0 aromatic heterocycles. The third kappa shape index (κ3) is 5.63. The first-order chi connectivity index (χ1) is 13.1. The summed E-state index contributed by atoms with van der Waals surface area (Å²) >= 11 is 6.17. The summed E-state index contributed by atoms with van der Waals surface area (Å²) < 4.78 is 40.3. The maximum absolute atomic E-state index is 12.4. The molecule has 5 nitrogen and oxygen atoms in total. The predicted octanol–water partition coefficient (Wildman–Crippen LogP) is 4.97. The van der Waals surface area contributed by atoms with E-state index in [9.17, 15) is 22.8 Å². The summed E-state index contributed by atoms with van der Waals surface area (Å²) in [6, 6.07) is 8.98. The molecule has 0 radical (unpaired) electrons. The van der Waals surface area contributed by atoms with E-state index in [1.54, 1.807) is 4.90 Å². The van der Waals surface area contributed by atoms with Crippen molar-refractivity contribution in [3.05, 3.63) is 58.6 Å². The topological polar surface area (TPSA) is 58.6 Å². The standard InChI is InChI=1S/C19H18ClF3N2O3/c1-3-25(4-2)18(27)15-10-7-13(11-16(15)20)24-17(26)12-5-8-14(9-6-12)28-19(21,22)23/h5-11H,3-4H2,1-2H3,(H,24,26). The summed E-state index contributed by atoms with van der Waals surface area (Å²) in [6.07, 6.45) is -4.80. The van der Waals surface area contributed by atoms with Gasteiger partial charge in [0.25, 0.3) is 11.8 Å². The van der Waals surface area contributed by atoms with Crippen molar-refractivity contribution in [3.8, 4) is 5.75 Å². The third-order valence-corrected chi connectivity index (χ3v) is 4.17. The Morgan fingerprint density at radius 3 is 2.18 bits per heavy atom. The zero-order valence-electron chi connectivity index (χ0n) is 15.1. The first-order valence-electron chi connectivity index (χ1n) is 8.40. The lowest BCUT2D eigenvalue weighted by Crippen LogP contribution is -2.30. The molecule has 0 heterocycles. The third-order valence-electron chi connectivity index (χ3n) is 3.86. The molecular weight excluding hydrogens is 397 g/mol. The molecular formula is C19H18ClF3N2O3. The highest BCUT2D eigenvalue weighted by Crippen LogP contribution is 2.25. The van der Waals surface area contributed by atoms with Gasteiger partial charge in [-0.05, 0) is 56.3 Å². The number of alkyl halides is 3. The molecule has 0 aliphatic heterocycles. The summed E-state index contributed by atoms with van der Waals surface area (Å²) in [4.78, 5) is 26.2. The quantitative estimate of drug-likeness (QED) is 0.725. The number of rotatable bonds is 6. The van der Waals surface area contributed by atoms with Crippen molar-refractivity contribution in [3.63, 3.8) is 0 Å². The molecule has 0 unspecified atom stereocenters. The van der Waals surface area contributed by atoms with Crippen molar-refractivity contribution >= 4 is 29.1 Å². The van der Waals surface area contributed by atoms with Crippen LogP contribution in [0.1, 0.15) is 34.6 Å². The number of ether oxygens (including phenoxy) is 1. The zero-order chi connectivity index (χ0) is 20.9. The number of benzene rings is 2. The summed E-state index contributed by atoms with van der Waals surface area (Å²) in [5, 5.41) is 2.76. The van der Waals surface area contributed by atoms with Crippen LogP contribution in [-0.2, 0) is 0 Å². The van der Waals surface area contributed by atoms with Crippen molar-refractivity contribution in [2.45, 2.75) is 20.2 Å². The Hall–Kier alpha value is -2.74. The van der Waals surface area contributed by atoms with Crippen LogP contribution < -0.4 is 10.1 Å². The Kier molecular flexibility index (Phi) is 6.90. The Labute approximate surface area is 165 Å². The van der Waals surface area contributed by atoms with Crippen LogP contribution in [0.25, 0.3) is 0 Å². The van der Waals surface area contributed by atoms with Gasteiger partial charge in [-0.25, -0.2) is 0 Å². The van der Waals surface area contributed by atoms with Crippen LogP contribution in [0.2, 0.25) is 5.02 Å². The fraction of sp³-hybridized carbons (Fsp3) is 0.263.